The van der Waals surface area contributed by atoms with Gasteiger partial charge >= 0.3 is 0 Å². The number of rotatable bonds is 7. The summed E-state index contributed by atoms with van der Waals surface area (Å²) in [5, 5.41) is 0. The maximum Gasteiger partial charge on any atom is 0.235 e. The van der Waals surface area contributed by atoms with Crippen LogP contribution in [0.25, 0.3) is 0 Å². The van der Waals surface area contributed by atoms with Gasteiger partial charge in [-0.3, -0.25) is 9.52 Å². The van der Waals surface area contributed by atoms with Gasteiger partial charge in [0.05, 0.1) is 30.8 Å². The molecule has 1 fully saturated rings. The van der Waals surface area contributed by atoms with Crippen LogP contribution in [0, 0.1) is 0 Å². The van der Waals surface area contributed by atoms with E-state index in [9.17, 15) is 13.2 Å². The summed E-state index contributed by atoms with van der Waals surface area (Å²) in [6, 6.07) is 4.90. The van der Waals surface area contributed by atoms with Gasteiger partial charge in [-0.25, -0.2) is 8.42 Å². The molecule has 0 unspecified atom stereocenters. The highest BCUT2D eigenvalue weighted by Crippen LogP contribution is 2.33. The predicted molar refractivity (Wildman–Crippen MR) is 88.5 cm³/mol. The van der Waals surface area contributed by atoms with Crippen LogP contribution in [0.3, 0.4) is 0 Å². The Labute approximate surface area is 136 Å². The third-order valence-electron chi connectivity index (χ3n) is 3.62. The van der Waals surface area contributed by atoms with Crippen LogP contribution in [0.2, 0.25) is 0 Å². The van der Waals surface area contributed by atoms with E-state index < -0.39 is 10.0 Å². The quantitative estimate of drug-likeness (QED) is 0.813. The molecule has 7 nitrogen and oxygen atoms in total. The molecule has 1 aromatic carbocycles. The summed E-state index contributed by atoms with van der Waals surface area (Å²) >= 11 is 0. The lowest BCUT2D eigenvalue weighted by atomic mass is 10.1. The largest absolute Gasteiger partial charge is 0.495 e. The number of nitrogens with one attached hydrogen (secondary N) is 1. The minimum absolute atomic E-state index is 0.0222. The summed E-state index contributed by atoms with van der Waals surface area (Å²) < 4.78 is 36.5. The van der Waals surface area contributed by atoms with Crippen molar-refractivity contribution in [1.82, 2.24) is 0 Å². The van der Waals surface area contributed by atoms with E-state index in [1.807, 2.05) is 0 Å². The summed E-state index contributed by atoms with van der Waals surface area (Å²) in [6.45, 7) is 0.720. The number of nitrogens with zero attached hydrogens (tertiary/aromatic N) is 1. The summed E-state index contributed by atoms with van der Waals surface area (Å²) in [7, 11) is -0.526. The van der Waals surface area contributed by atoms with Crippen LogP contribution < -0.4 is 14.4 Å². The molecule has 0 aromatic heterocycles. The number of amides is 1. The third kappa shape index (κ3) is 4.59. The first kappa shape index (κ1) is 17.6. The summed E-state index contributed by atoms with van der Waals surface area (Å²) in [5.74, 6) is 0.432. The Bertz CT molecular complexity index is 660. The van der Waals surface area contributed by atoms with Gasteiger partial charge in [0.25, 0.3) is 0 Å². The Morgan fingerprint density at radius 2 is 2.04 bits per heavy atom. The molecule has 0 radical (unpaired) electrons. The molecule has 1 saturated heterocycles. The Balaban J connectivity index is 2.26. The van der Waals surface area contributed by atoms with Crippen LogP contribution >= 0.6 is 0 Å². The zero-order chi connectivity index (χ0) is 16.9. The maximum absolute atomic E-state index is 12.1. The average molecular weight is 342 g/mol. The molecule has 8 heteroatoms. The standard InChI is InChI=1S/C15H22N2O5S/c1-21-9-10-23(19,20)16-12-6-7-14(22-2)13(11-12)17-8-4-3-5-15(17)18/h6-7,11,16H,3-5,8-10H2,1-2H3. The molecule has 1 aromatic rings. The monoisotopic (exact) mass is 342 g/mol. The van der Waals surface area contributed by atoms with E-state index in [1.165, 1.54) is 14.2 Å². The van der Waals surface area contributed by atoms with Crippen LogP contribution in [0.1, 0.15) is 19.3 Å². The molecular formula is C15H22N2O5S. The first-order valence-electron chi connectivity index (χ1n) is 7.44. The fourth-order valence-corrected chi connectivity index (χ4v) is 3.42. The SMILES string of the molecule is COCCS(=O)(=O)Nc1ccc(OC)c(N2CCCCC2=O)c1. The number of ether oxygens (including phenoxy) is 2. The maximum atomic E-state index is 12.1. The van der Waals surface area contributed by atoms with Crippen molar-refractivity contribution in [2.75, 3.05) is 42.7 Å². The fraction of sp³-hybridized carbons (Fsp3) is 0.533. The van der Waals surface area contributed by atoms with E-state index in [2.05, 4.69) is 4.72 Å². The molecule has 23 heavy (non-hydrogen) atoms. The number of carbonyl (C=O) groups excluding carboxylic acids is 1. The average Bonchev–Trinajstić information content (AvgIpc) is 2.53. The minimum Gasteiger partial charge on any atom is -0.495 e. The summed E-state index contributed by atoms with van der Waals surface area (Å²) in [4.78, 5) is 13.8. The predicted octanol–water partition coefficient (Wildman–Crippen LogP) is 1.60. The zero-order valence-corrected chi connectivity index (χ0v) is 14.2. The van der Waals surface area contributed by atoms with Gasteiger partial charge in [0.2, 0.25) is 15.9 Å². The first-order chi connectivity index (χ1) is 11.0. The first-order valence-corrected chi connectivity index (χ1v) is 9.10. The molecule has 0 spiro atoms. The molecular weight excluding hydrogens is 320 g/mol. The van der Waals surface area contributed by atoms with Gasteiger partial charge in [-0.05, 0) is 31.0 Å². The smallest absolute Gasteiger partial charge is 0.235 e. The lowest BCUT2D eigenvalue weighted by molar-refractivity contribution is -0.119. The molecule has 0 saturated carbocycles. The van der Waals surface area contributed by atoms with E-state index in [-0.39, 0.29) is 18.3 Å². The van der Waals surface area contributed by atoms with Gasteiger partial charge in [0.1, 0.15) is 5.75 Å². The van der Waals surface area contributed by atoms with E-state index in [4.69, 9.17) is 9.47 Å². The van der Waals surface area contributed by atoms with Crippen molar-refractivity contribution in [3.8, 4) is 5.75 Å². The normalized spacial score (nSPS) is 15.6. The third-order valence-corrected chi connectivity index (χ3v) is 4.87. The summed E-state index contributed by atoms with van der Waals surface area (Å²) in [5.41, 5.74) is 0.986. The number of methoxy groups -OCH3 is 2. The van der Waals surface area contributed by atoms with Crippen molar-refractivity contribution in [2.24, 2.45) is 0 Å². The van der Waals surface area contributed by atoms with Crippen molar-refractivity contribution in [3.63, 3.8) is 0 Å². The summed E-state index contributed by atoms with van der Waals surface area (Å²) in [6.07, 6.45) is 2.28. The highest BCUT2D eigenvalue weighted by atomic mass is 32.2. The molecule has 0 atom stereocenters. The van der Waals surface area contributed by atoms with Crippen LogP contribution in [0.5, 0.6) is 5.75 Å². The topological polar surface area (TPSA) is 84.9 Å². The number of carbonyl (C=O) groups is 1. The number of piperidine rings is 1. The second-order valence-electron chi connectivity index (χ2n) is 5.30. The van der Waals surface area contributed by atoms with Gasteiger partial charge < -0.3 is 14.4 Å². The van der Waals surface area contributed by atoms with Crippen molar-refractivity contribution >= 4 is 27.3 Å². The highest BCUT2D eigenvalue weighted by Gasteiger charge is 2.23. The Morgan fingerprint density at radius 1 is 1.26 bits per heavy atom. The van der Waals surface area contributed by atoms with Gasteiger partial charge in [-0.1, -0.05) is 0 Å². The van der Waals surface area contributed by atoms with Gasteiger partial charge in [0, 0.05) is 20.1 Å². The second kappa shape index (κ2) is 7.65. The van der Waals surface area contributed by atoms with Gasteiger partial charge in [-0.15, -0.1) is 0 Å². The van der Waals surface area contributed by atoms with Crippen LogP contribution in [0.4, 0.5) is 11.4 Å². The molecule has 128 valence electrons. The van der Waals surface area contributed by atoms with Crippen LogP contribution in [-0.2, 0) is 19.6 Å². The van der Waals surface area contributed by atoms with Gasteiger partial charge in [-0.2, -0.15) is 0 Å². The van der Waals surface area contributed by atoms with Crippen LogP contribution in [-0.4, -0.2) is 47.4 Å². The lowest BCUT2D eigenvalue weighted by Crippen LogP contribution is -2.35. The molecule has 1 aliphatic heterocycles. The van der Waals surface area contributed by atoms with E-state index in [1.54, 1.807) is 23.1 Å². The highest BCUT2D eigenvalue weighted by molar-refractivity contribution is 7.92. The van der Waals surface area contributed by atoms with Crippen molar-refractivity contribution in [3.05, 3.63) is 18.2 Å². The Morgan fingerprint density at radius 3 is 2.70 bits per heavy atom. The van der Waals surface area contributed by atoms with Crippen molar-refractivity contribution in [1.29, 1.82) is 0 Å². The van der Waals surface area contributed by atoms with E-state index in [0.717, 1.165) is 12.8 Å². The Hall–Kier alpha value is -1.80. The van der Waals surface area contributed by atoms with Gasteiger partial charge in [0.15, 0.2) is 0 Å². The number of hydrogen-bond acceptors (Lipinski definition) is 5. The van der Waals surface area contributed by atoms with Crippen molar-refractivity contribution in [2.45, 2.75) is 19.3 Å². The van der Waals surface area contributed by atoms with Crippen LogP contribution in [0.15, 0.2) is 18.2 Å². The molecule has 1 heterocycles. The number of hydrogen-bond donors (Lipinski definition) is 1. The number of sulfonamides is 1. The zero-order valence-electron chi connectivity index (χ0n) is 13.4. The number of benzene rings is 1. The Kier molecular flexibility index (Phi) is 5.84. The van der Waals surface area contributed by atoms with Crippen molar-refractivity contribution < 1.29 is 22.7 Å². The molecule has 0 bridgehead atoms. The molecule has 0 aliphatic carbocycles. The fourth-order valence-electron chi connectivity index (χ4n) is 2.45. The molecule has 1 aliphatic rings. The molecule has 1 N–H and O–H groups in total. The molecule has 2 rings (SSSR count). The molecule has 1 amide bonds. The van der Waals surface area contributed by atoms with E-state index in [0.29, 0.717) is 30.1 Å². The minimum atomic E-state index is -3.50. The number of anilines is 2. The lowest BCUT2D eigenvalue weighted by Gasteiger charge is -2.28. The second-order valence-corrected chi connectivity index (χ2v) is 7.14. The van der Waals surface area contributed by atoms with E-state index >= 15 is 0 Å².